The van der Waals surface area contributed by atoms with Crippen LogP contribution in [0.25, 0.3) is 0 Å². The molecule has 1 aromatic rings. The number of benzene rings is 1. The van der Waals surface area contributed by atoms with Gasteiger partial charge in [-0.25, -0.2) is 0 Å². The van der Waals surface area contributed by atoms with E-state index in [1.165, 1.54) is 18.2 Å². The summed E-state index contributed by atoms with van der Waals surface area (Å²) in [6.45, 7) is 5.20. The number of esters is 1. The van der Waals surface area contributed by atoms with Crippen LogP contribution in [-0.4, -0.2) is 49.7 Å². The summed E-state index contributed by atoms with van der Waals surface area (Å²) in [6.07, 6.45) is 13.3. The van der Waals surface area contributed by atoms with E-state index in [2.05, 4.69) is 65.7 Å². The van der Waals surface area contributed by atoms with Crippen molar-refractivity contribution in [1.82, 2.24) is 10.2 Å². The predicted octanol–water partition coefficient (Wildman–Crippen LogP) is 4.13. The first-order valence-electron chi connectivity index (χ1n) is 11.2. The van der Waals surface area contributed by atoms with Crippen molar-refractivity contribution >= 4 is 5.97 Å². The number of carbonyl (C=O) groups is 1. The topological polar surface area (TPSA) is 41.6 Å². The summed E-state index contributed by atoms with van der Waals surface area (Å²) in [6, 6.07) is 10.7. The van der Waals surface area contributed by atoms with Gasteiger partial charge in [-0.15, -0.1) is 0 Å². The Morgan fingerprint density at radius 2 is 2.07 bits per heavy atom. The Balaban J connectivity index is 1.46. The average molecular weight is 397 g/mol. The lowest BCUT2D eigenvalue weighted by Crippen LogP contribution is -2.45. The number of nitrogens with zero attached hydrogens (tertiary/aromatic N) is 1. The summed E-state index contributed by atoms with van der Waals surface area (Å²) in [5.41, 5.74) is 2.71. The van der Waals surface area contributed by atoms with E-state index >= 15 is 0 Å². The number of ether oxygens (including phenoxy) is 1. The first-order valence-corrected chi connectivity index (χ1v) is 11.2. The van der Waals surface area contributed by atoms with Crippen molar-refractivity contribution in [3.63, 3.8) is 0 Å². The largest absolute Gasteiger partial charge is 0.468 e. The smallest absolute Gasteiger partial charge is 0.323 e. The van der Waals surface area contributed by atoms with Crippen LogP contribution in [0.3, 0.4) is 0 Å². The number of carbonyl (C=O) groups excluding carboxylic acids is 1. The van der Waals surface area contributed by atoms with Crippen molar-refractivity contribution in [2.24, 2.45) is 5.92 Å². The highest BCUT2D eigenvalue weighted by Gasteiger charge is 2.42. The van der Waals surface area contributed by atoms with Gasteiger partial charge in [-0.2, -0.15) is 0 Å². The van der Waals surface area contributed by atoms with Crippen molar-refractivity contribution in [3.8, 4) is 0 Å². The monoisotopic (exact) mass is 396 g/mol. The molecule has 2 aliphatic rings. The molecule has 4 heteroatoms. The molecular weight excluding hydrogens is 360 g/mol. The Hall–Kier alpha value is -1.91. The molecule has 1 unspecified atom stereocenters. The molecule has 0 saturated carbocycles. The third-order valence-electron chi connectivity index (χ3n) is 6.37. The van der Waals surface area contributed by atoms with E-state index in [1.54, 1.807) is 0 Å². The number of nitrogens with one attached hydrogen (secondary N) is 1. The molecule has 4 nitrogen and oxygen atoms in total. The van der Waals surface area contributed by atoms with Crippen LogP contribution in [0.5, 0.6) is 0 Å². The van der Waals surface area contributed by atoms with E-state index < -0.39 is 0 Å². The SMILES string of the molecule is COC(=O)[C@@H]1C(CCCNCCc2ccccc2)CCN1[C@@H](C)C1=CCCC=C1. The minimum atomic E-state index is -0.115. The van der Waals surface area contributed by atoms with Crippen molar-refractivity contribution < 1.29 is 9.53 Å². The molecule has 1 aliphatic heterocycles. The summed E-state index contributed by atoms with van der Waals surface area (Å²) in [5.74, 6) is 0.311. The van der Waals surface area contributed by atoms with Gasteiger partial charge in [0.05, 0.1) is 7.11 Å². The lowest BCUT2D eigenvalue weighted by molar-refractivity contribution is -0.147. The minimum absolute atomic E-state index is 0.0724. The molecular formula is C25H36N2O2. The first kappa shape index (κ1) is 21.8. The maximum absolute atomic E-state index is 12.6. The van der Waals surface area contributed by atoms with Crippen LogP contribution in [0, 0.1) is 5.92 Å². The zero-order valence-electron chi connectivity index (χ0n) is 18.0. The van der Waals surface area contributed by atoms with Gasteiger partial charge in [0.25, 0.3) is 0 Å². The van der Waals surface area contributed by atoms with E-state index in [0.717, 1.165) is 58.2 Å². The fourth-order valence-electron chi connectivity index (χ4n) is 4.69. The fourth-order valence-corrected chi connectivity index (χ4v) is 4.69. The first-order chi connectivity index (χ1) is 14.2. The maximum Gasteiger partial charge on any atom is 0.323 e. The summed E-state index contributed by atoms with van der Waals surface area (Å²) < 4.78 is 5.19. The zero-order valence-corrected chi connectivity index (χ0v) is 18.0. The normalized spacial score (nSPS) is 23.0. The molecule has 158 valence electrons. The zero-order chi connectivity index (χ0) is 20.5. The summed E-state index contributed by atoms with van der Waals surface area (Å²) in [5, 5.41) is 3.55. The van der Waals surface area contributed by atoms with Gasteiger partial charge >= 0.3 is 5.97 Å². The van der Waals surface area contributed by atoms with Crippen molar-refractivity contribution in [2.45, 2.75) is 57.5 Å². The highest BCUT2D eigenvalue weighted by atomic mass is 16.5. The van der Waals surface area contributed by atoms with E-state index in [0.29, 0.717) is 5.92 Å². The van der Waals surface area contributed by atoms with Gasteiger partial charge in [0, 0.05) is 6.04 Å². The second kappa shape index (κ2) is 11.3. The van der Waals surface area contributed by atoms with E-state index in [9.17, 15) is 4.79 Å². The van der Waals surface area contributed by atoms with Crippen LogP contribution in [0.2, 0.25) is 0 Å². The van der Waals surface area contributed by atoms with E-state index in [4.69, 9.17) is 4.74 Å². The molecule has 0 radical (unpaired) electrons. The number of hydrogen-bond acceptors (Lipinski definition) is 4. The Morgan fingerprint density at radius 3 is 2.79 bits per heavy atom. The summed E-state index contributed by atoms with van der Waals surface area (Å²) in [4.78, 5) is 15.0. The fraction of sp³-hybridized carbons (Fsp3) is 0.560. The molecule has 0 bridgehead atoms. The molecule has 3 rings (SSSR count). The molecule has 1 saturated heterocycles. The van der Waals surface area contributed by atoms with Crippen molar-refractivity contribution in [1.29, 1.82) is 0 Å². The van der Waals surface area contributed by atoms with Gasteiger partial charge in [0.1, 0.15) is 6.04 Å². The predicted molar refractivity (Wildman–Crippen MR) is 119 cm³/mol. The molecule has 29 heavy (non-hydrogen) atoms. The number of methoxy groups -OCH3 is 1. The Morgan fingerprint density at radius 1 is 1.24 bits per heavy atom. The van der Waals surface area contributed by atoms with Crippen LogP contribution in [0.15, 0.2) is 54.1 Å². The molecule has 0 amide bonds. The lowest BCUT2D eigenvalue weighted by atomic mass is 9.93. The van der Waals surface area contributed by atoms with Gasteiger partial charge in [0.2, 0.25) is 0 Å². The van der Waals surface area contributed by atoms with Crippen LogP contribution in [0.4, 0.5) is 0 Å². The van der Waals surface area contributed by atoms with Gasteiger partial charge in [-0.3, -0.25) is 9.69 Å². The molecule has 1 aromatic carbocycles. The molecule has 0 spiro atoms. The second-order valence-electron chi connectivity index (χ2n) is 8.24. The minimum Gasteiger partial charge on any atom is -0.468 e. The molecule has 1 aliphatic carbocycles. The van der Waals surface area contributed by atoms with Crippen LogP contribution in [-0.2, 0) is 16.0 Å². The number of hydrogen-bond donors (Lipinski definition) is 1. The lowest BCUT2D eigenvalue weighted by Gasteiger charge is -2.32. The number of likely N-dealkylation sites (tertiary alicyclic amines) is 1. The van der Waals surface area contributed by atoms with E-state index in [-0.39, 0.29) is 18.1 Å². The molecule has 1 fully saturated rings. The number of allylic oxidation sites excluding steroid dienone is 2. The average Bonchev–Trinajstić information content (AvgIpc) is 3.20. The molecule has 0 aromatic heterocycles. The number of rotatable bonds is 10. The highest BCUT2D eigenvalue weighted by Crippen LogP contribution is 2.33. The summed E-state index contributed by atoms with van der Waals surface area (Å²) >= 11 is 0. The highest BCUT2D eigenvalue weighted by molar-refractivity contribution is 5.76. The molecule has 3 atom stereocenters. The van der Waals surface area contributed by atoms with Crippen molar-refractivity contribution in [2.75, 3.05) is 26.7 Å². The summed E-state index contributed by atoms with van der Waals surface area (Å²) in [7, 11) is 1.52. The third-order valence-corrected chi connectivity index (χ3v) is 6.37. The van der Waals surface area contributed by atoms with Gasteiger partial charge < -0.3 is 10.1 Å². The van der Waals surface area contributed by atoms with Crippen LogP contribution in [0.1, 0.15) is 44.6 Å². The quantitative estimate of drug-likeness (QED) is 0.477. The Labute approximate surface area is 176 Å². The van der Waals surface area contributed by atoms with Gasteiger partial charge in [-0.1, -0.05) is 48.6 Å². The molecule has 1 heterocycles. The second-order valence-corrected chi connectivity index (χ2v) is 8.24. The molecule has 1 N–H and O–H groups in total. The third kappa shape index (κ3) is 6.03. The van der Waals surface area contributed by atoms with Gasteiger partial charge in [0.15, 0.2) is 0 Å². The Bertz CT molecular complexity index is 698. The van der Waals surface area contributed by atoms with Crippen LogP contribution >= 0.6 is 0 Å². The Kier molecular flexibility index (Phi) is 8.51. The van der Waals surface area contributed by atoms with Crippen molar-refractivity contribution in [3.05, 3.63) is 59.7 Å². The van der Waals surface area contributed by atoms with Gasteiger partial charge in [-0.05, 0) is 82.1 Å². The van der Waals surface area contributed by atoms with Crippen LogP contribution < -0.4 is 5.32 Å². The maximum atomic E-state index is 12.6. The van der Waals surface area contributed by atoms with E-state index in [1.807, 2.05) is 0 Å². The standard InChI is InChI=1S/C25H36N2O2/c1-20(22-12-7-4-8-13-22)27-19-16-23(24(27)25(28)29-2)14-9-17-26-18-15-21-10-5-3-6-11-21/h3,5-7,10-13,20,23-24,26H,4,8-9,14-19H2,1-2H3/t20-,23?,24-/m0/s1.